The van der Waals surface area contributed by atoms with E-state index in [2.05, 4.69) is 24.3 Å². The fourth-order valence-corrected chi connectivity index (χ4v) is 3.25. The Hall–Kier alpha value is -2.37. The second-order valence-electron chi connectivity index (χ2n) is 6.88. The Bertz CT molecular complexity index is 804. The predicted octanol–water partition coefficient (Wildman–Crippen LogP) is 2.09. The summed E-state index contributed by atoms with van der Waals surface area (Å²) in [6, 6.07) is 5.21. The van der Waals surface area contributed by atoms with Crippen LogP contribution in [0.1, 0.15) is 47.8 Å². The van der Waals surface area contributed by atoms with E-state index in [0.717, 1.165) is 37.1 Å². The number of aryl methyl sites for hydroxylation is 1. The van der Waals surface area contributed by atoms with Crippen LogP contribution in [0.15, 0.2) is 27.5 Å². The van der Waals surface area contributed by atoms with Crippen LogP contribution in [0.4, 0.5) is 0 Å². The number of carbonyl (C=O) groups is 1. The molecule has 0 radical (unpaired) electrons. The summed E-state index contributed by atoms with van der Waals surface area (Å²) in [5.74, 6) is 0.824. The second kappa shape index (κ2) is 6.63. The number of amides is 1. The molecule has 1 amide bonds. The molecule has 128 valence electrons. The molecule has 24 heavy (non-hydrogen) atoms. The van der Waals surface area contributed by atoms with Crippen molar-refractivity contribution >= 4 is 5.91 Å². The number of hydrogen-bond acceptors (Lipinski definition) is 4. The third-order valence-corrected chi connectivity index (χ3v) is 4.33. The van der Waals surface area contributed by atoms with E-state index in [0.29, 0.717) is 17.4 Å². The lowest BCUT2D eigenvalue weighted by atomic mass is 9.91. The smallest absolute Gasteiger partial charge is 0.273 e. The van der Waals surface area contributed by atoms with E-state index in [4.69, 9.17) is 4.52 Å². The average Bonchev–Trinajstić information content (AvgIpc) is 2.96. The molecule has 0 fully saturated rings. The monoisotopic (exact) mass is 329 g/mol. The van der Waals surface area contributed by atoms with Crippen molar-refractivity contribution in [1.82, 2.24) is 15.0 Å². The van der Waals surface area contributed by atoms with Crippen molar-refractivity contribution < 1.29 is 9.32 Å². The average molecular weight is 329 g/mol. The molecule has 6 heteroatoms. The molecule has 2 aromatic heterocycles. The van der Waals surface area contributed by atoms with Crippen molar-refractivity contribution in [1.29, 1.82) is 0 Å². The summed E-state index contributed by atoms with van der Waals surface area (Å²) < 4.78 is 6.84. The van der Waals surface area contributed by atoms with Crippen LogP contribution in [-0.4, -0.2) is 21.7 Å². The van der Waals surface area contributed by atoms with Gasteiger partial charge in [0, 0.05) is 30.4 Å². The minimum atomic E-state index is -0.212. The molecular formula is C18H23N3O3. The van der Waals surface area contributed by atoms with E-state index in [9.17, 15) is 9.59 Å². The Morgan fingerprint density at radius 3 is 2.92 bits per heavy atom. The lowest BCUT2D eigenvalue weighted by Crippen LogP contribution is -2.40. The van der Waals surface area contributed by atoms with Gasteiger partial charge in [-0.3, -0.25) is 9.59 Å². The van der Waals surface area contributed by atoms with E-state index in [1.165, 1.54) is 0 Å². The number of aromatic nitrogens is 2. The molecule has 1 N–H and O–H groups in total. The van der Waals surface area contributed by atoms with Gasteiger partial charge in [0.2, 0.25) is 0 Å². The highest BCUT2D eigenvalue weighted by Gasteiger charge is 2.24. The SMILES string of the molecule is Cc1cc(C(=O)N[C@@H]2CCc3c(ccc(=O)n3CC(C)C)C2)no1. The Labute approximate surface area is 140 Å². The maximum atomic E-state index is 12.2. The van der Waals surface area contributed by atoms with Crippen LogP contribution in [0, 0.1) is 12.8 Å². The van der Waals surface area contributed by atoms with Crippen molar-refractivity contribution in [3.8, 4) is 0 Å². The first-order valence-electron chi connectivity index (χ1n) is 8.40. The quantitative estimate of drug-likeness (QED) is 0.932. The van der Waals surface area contributed by atoms with E-state index in [1.54, 1.807) is 19.1 Å². The van der Waals surface area contributed by atoms with Crippen LogP contribution in [0.2, 0.25) is 0 Å². The number of nitrogens with one attached hydrogen (secondary N) is 1. The van der Waals surface area contributed by atoms with Crippen LogP contribution in [-0.2, 0) is 19.4 Å². The zero-order valence-electron chi connectivity index (χ0n) is 14.3. The van der Waals surface area contributed by atoms with Crippen LogP contribution in [0.3, 0.4) is 0 Å². The summed E-state index contributed by atoms with van der Waals surface area (Å²) in [6.07, 6.45) is 2.34. The maximum Gasteiger partial charge on any atom is 0.273 e. The Morgan fingerprint density at radius 2 is 2.25 bits per heavy atom. The highest BCUT2D eigenvalue weighted by molar-refractivity contribution is 5.92. The zero-order valence-corrected chi connectivity index (χ0v) is 14.3. The summed E-state index contributed by atoms with van der Waals surface area (Å²) >= 11 is 0. The minimum Gasteiger partial charge on any atom is -0.361 e. The molecule has 1 atom stereocenters. The largest absolute Gasteiger partial charge is 0.361 e. The van der Waals surface area contributed by atoms with Gasteiger partial charge in [-0.25, -0.2) is 0 Å². The highest BCUT2D eigenvalue weighted by Crippen LogP contribution is 2.21. The van der Waals surface area contributed by atoms with Crippen LogP contribution < -0.4 is 10.9 Å². The van der Waals surface area contributed by atoms with Crippen molar-refractivity contribution in [2.24, 2.45) is 5.92 Å². The van der Waals surface area contributed by atoms with E-state index in [1.807, 2.05) is 10.6 Å². The van der Waals surface area contributed by atoms with Crippen molar-refractivity contribution in [2.45, 2.75) is 52.6 Å². The van der Waals surface area contributed by atoms with Gasteiger partial charge in [-0.05, 0) is 37.7 Å². The van der Waals surface area contributed by atoms with Gasteiger partial charge in [0.1, 0.15) is 5.76 Å². The lowest BCUT2D eigenvalue weighted by molar-refractivity contribution is 0.0924. The standard InChI is InChI=1S/C18H23N3O3/c1-11(2)10-21-16-6-5-14(9-13(16)4-7-17(21)22)19-18(23)15-8-12(3)24-20-15/h4,7-8,11,14H,5-6,9-10H2,1-3H3,(H,19,23)/t14-/m1/s1. The summed E-state index contributed by atoms with van der Waals surface area (Å²) in [7, 11) is 0. The first-order chi connectivity index (χ1) is 11.4. The van der Waals surface area contributed by atoms with Gasteiger partial charge in [-0.1, -0.05) is 25.1 Å². The van der Waals surface area contributed by atoms with Crippen molar-refractivity contribution in [3.63, 3.8) is 0 Å². The fraction of sp³-hybridized carbons (Fsp3) is 0.500. The summed E-state index contributed by atoms with van der Waals surface area (Å²) in [5.41, 5.74) is 2.62. The second-order valence-corrected chi connectivity index (χ2v) is 6.88. The van der Waals surface area contributed by atoms with Gasteiger partial charge in [0.05, 0.1) is 0 Å². The van der Waals surface area contributed by atoms with E-state index >= 15 is 0 Å². The molecule has 3 rings (SSSR count). The number of rotatable bonds is 4. The summed E-state index contributed by atoms with van der Waals surface area (Å²) in [6.45, 7) is 6.71. The normalized spacial score (nSPS) is 16.9. The van der Waals surface area contributed by atoms with Crippen molar-refractivity contribution in [3.05, 3.63) is 51.3 Å². The van der Waals surface area contributed by atoms with Gasteiger partial charge < -0.3 is 14.4 Å². The molecule has 0 unspecified atom stereocenters. The first-order valence-corrected chi connectivity index (χ1v) is 8.40. The fourth-order valence-electron chi connectivity index (χ4n) is 3.25. The minimum absolute atomic E-state index is 0.0482. The van der Waals surface area contributed by atoms with Crippen LogP contribution >= 0.6 is 0 Å². The molecule has 0 aromatic carbocycles. The highest BCUT2D eigenvalue weighted by atomic mass is 16.5. The molecule has 0 spiro atoms. The lowest BCUT2D eigenvalue weighted by Gasteiger charge is -2.28. The van der Waals surface area contributed by atoms with Crippen LogP contribution in [0.25, 0.3) is 0 Å². The number of nitrogens with zero attached hydrogens (tertiary/aromatic N) is 2. The molecule has 6 nitrogen and oxygen atoms in total. The van der Waals surface area contributed by atoms with Gasteiger partial charge in [-0.15, -0.1) is 0 Å². The number of hydrogen-bond donors (Lipinski definition) is 1. The number of pyridine rings is 1. The van der Waals surface area contributed by atoms with E-state index < -0.39 is 0 Å². The zero-order chi connectivity index (χ0) is 17.3. The number of carbonyl (C=O) groups excluding carboxylic acids is 1. The molecule has 1 aliphatic rings. The summed E-state index contributed by atoms with van der Waals surface area (Å²) in [5, 5.41) is 6.77. The molecule has 1 aliphatic carbocycles. The molecular weight excluding hydrogens is 306 g/mol. The third-order valence-electron chi connectivity index (χ3n) is 4.33. The topological polar surface area (TPSA) is 77.1 Å². The van der Waals surface area contributed by atoms with Gasteiger partial charge >= 0.3 is 0 Å². The Kier molecular flexibility index (Phi) is 4.55. The summed E-state index contributed by atoms with van der Waals surface area (Å²) in [4.78, 5) is 24.4. The number of fused-ring (bicyclic) bond motifs is 1. The molecule has 0 saturated heterocycles. The van der Waals surface area contributed by atoms with Crippen LogP contribution in [0.5, 0.6) is 0 Å². The van der Waals surface area contributed by atoms with Gasteiger partial charge in [-0.2, -0.15) is 0 Å². The van der Waals surface area contributed by atoms with Gasteiger partial charge in [0.15, 0.2) is 5.69 Å². The Balaban J connectivity index is 1.75. The van der Waals surface area contributed by atoms with E-state index in [-0.39, 0.29) is 17.5 Å². The first kappa shape index (κ1) is 16.5. The molecule has 2 heterocycles. The third kappa shape index (κ3) is 3.42. The van der Waals surface area contributed by atoms with Gasteiger partial charge in [0.25, 0.3) is 11.5 Å². The molecule has 0 bridgehead atoms. The molecule has 0 aliphatic heterocycles. The Morgan fingerprint density at radius 1 is 1.46 bits per heavy atom. The van der Waals surface area contributed by atoms with Crippen molar-refractivity contribution in [2.75, 3.05) is 0 Å². The molecule has 2 aromatic rings. The molecule has 0 saturated carbocycles. The predicted molar refractivity (Wildman–Crippen MR) is 90.1 cm³/mol. The maximum absolute atomic E-state index is 12.2.